The summed E-state index contributed by atoms with van der Waals surface area (Å²) in [5, 5.41) is 4.71. The van der Waals surface area contributed by atoms with E-state index >= 15 is 0 Å². The number of piperidine rings is 1. The van der Waals surface area contributed by atoms with Crippen LogP contribution in [0.25, 0.3) is 10.9 Å². The Bertz CT molecular complexity index is 662. The number of hydrogen-bond donors (Lipinski definition) is 2. The number of rotatable bonds is 3. The van der Waals surface area contributed by atoms with E-state index in [0.29, 0.717) is 18.3 Å². The summed E-state index contributed by atoms with van der Waals surface area (Å²) in [5.41, 5.74) is 2.35. The number of amides is 2. The van der Waals surface area contributed by atoms with E-state index in [-0.39, 0.29) is 6.03 Å². The Kier molecular flexibility index (Phi) is 4.79. The standard InChI is InChI=1S/C16H19Cl2N3O/c17-5-6-19-16(22)21-7-3-11(4-8-21)15-10-12-9-13(18)1-2-14(12)20-15/h1-2,9-11,20H,3-8H2,(H,19,22). The Morgan fingerprint density at radius 3 is 2.82 bits per heavy atom. The number of benzene rings is 1. The molecule has 0 saturated carbocycles. The van der Waals surface area contributed by atoms with Crippen molar-refractivity contribution in [1.82, 2.24) is 15.2 Å². The van der Waals surface area contributed by atoms with Crippen LogP contribution in [0.5, 0.6) is 0 Å². The molecule has 0 unspecified atom stereocenters. The van der Waals surface area contributed by atoms with E-state index in [1.807, 2.05) is 23.1 Å². The molecule has 1 saturated heterocycles. The van der Waals surface area contributed by atoms with Crippen molar-refractivity contribution in [3.8, 4) is 0 Å². The summed E-state index contributed by atoms with van der Waals surface area (Å²) >= 11 is 11.6. The molecule has 0 atom stereocenters. The second-order valence-corrected chi connectivity index (χ2v) is 6.45. The van der Waals surface area contributed by atoms with Gasteiger partial charge in [0.2, 0.25) is 0 Å². The molecule has 6 heteroatoms. The van der Waals surface area contributed by atoms with E-state index < -0.39 is 0 Å². The highest BCUT2D eigenvalue weighted by Crippen LogP contribution is 2.30. The summed E-state index contributed by atoms with van der Waals surface area (Å²) in [7, 11) is 0. The molecule has 0 bridgehead atoms. The van der Waals surface area contributed by atoms with Gasteiger partial charge in [-0.3, -0.25) is 0 Å². The van der Waals surface area contributed by atoms with Crippen LogP contribution in [0.2, 0.25) is 5.02 Å². The van der Waals surface area contributed by atoms with Gasteiger partial charge in [-0.1, -0.05) is 11.6 Å². The average Bonchev–Trinajstić information content (AvgIpc) is 2.95. The lowest BCUT2D eigenvalue weighted by molar-refractivity contribution is 0.181. The van der Waals surface area contributed by atoms with Gasteiger partial charge in [0.15, 0.2) is 0 Å². The molecule has 0 spiro atoms. The molecule has 2 N–H and O–H groups in total. The van der Waals surface area contributed by atoms with Crippen LogP contribution < -0.4 is 5.32 Å². The van der Waals surface area contributed by atoms with Gasteiger partial charge in [-0.15, -0.1) is 11.6 Å². The van der Waals surface area contributed by atoms with Crippen molar-refractivity contribution in [3.05, 3.63) is 35.0 Å². The molecule has 118 valence electrons. The Morgan fingerprint density at radius 1 is 1.32 bits per heavy atom. The Balaban J connectivity index is 1.64. The number of hydrogen-bond acceptors (Lipinski definition) is 1. The van der Waals surface area contributed by atoms with E-state index in [1.54, 1.807) is 0 Å². The molecule has 0 aliphatic carbocycles. The Morgan fingerprint density at radius 2 is 2.09 bits per heavy atom. The van der Waals surface area contributed by atoms with Crippen molar-refractivity contribution >= 4 is 40.1 Å². The third-order valence-electron chi connectivity index (χ3n) is 4.20. The number of nitrogens with zero attached hydrogens (tertiary/aromatic N) is 1. The zero-order valence-corrected chi connectivity index (χ0v) is 13.8. The summed E-state index contributed by atoms with van der Waals surface area (Å²) < 4.78 is 0. The van der Waals surface area contributed by atoms with Crippen LogP contribution in [-0.2, 0) is 0 Å². The number of carbonyl (C=O) groups is 1. The van der Waals surface area contributed by atoms with Gasteiger partial charge in [-0.05, 0) is 37.1 Å². The molecule has 3 rings (SSSR count). The highest BCUT2D eigenvalue weighted by molar-refractivity contribution is 6.31. The smallest absolute Gasteiger partial charge is 0.317 e. The molecule has 2 aromatic rings. The van der Waals surface area contributed by atoms with E-state index in [2.05, 4.69) is 16.4 Å². The first-order valence-corrected chi connectivity index (χ1v) is 8.45. The molecular weight excluding hydrogens is 321 g/mol. The van der Waals surface area contributed by atoms with E-state index in [4.69, 9.17) is 23.2 Å². The van der Waals surface area contributed by atoms with Gasteiger partial charge in [0.1, 0.15) is 0 Å². The van der Waals surface area contributed by atoms with Crippen LogP contribution in [0, 0.1) is 0 Å². The maximum absolute atomic E-state index is 11.9. The second-order valence-electron chi connectivity index (χ2n) is 5.64. The molecular formula is C16H19Cl2N3O. The Labute approximate surface area is 139 Å². The fraction of sp³-hybridized carbons (Fsp3) is 0.438. The highest BCUT2D eigenvalue weighted by atomic mass is 35.5. The molecule has 1 aromatic heterocycles. The number of halogens is 2. The first-order valence-electron chi connectivity index (χ1n) is 7.54. The number of fused-ring (bicyclic) bond motifs is 1. The van der Waals surface area contributed by atoms with Crippen molar-refractivity contribution in [2.24, 2.45) is 0 Å². The molecule has 2 amide bonds. The van der Waals surface area contributed by atoms with Crippen LogP contribution in [0.3, 0.4) is 0 Å². The van der Waals surface area contributed by atoms with Crippen molar-refractivity contribution in [1.29, 1.82) is 0 Å². The molecule has 1 fully saturated rings. The lowest BCUT2D eigenvalue weighted by atomic mass is 9.94. The van der Waals surface area contributed by atoms with Crippen molar-refractivity contribution < 1.29 is 4.79 Å². The number of nitrogens with one attached hydrogen (secondary N) is 2. The summed E-state index contributed by atoms with van der Waals surface area (Å²) in [6.45, 7) is 2.06. The van der Waals surface area contributed by atoms with Crippen LogP contribution >= 0.6 is 23.2 Å². The average molecular weight is 340 g/mol. The van der Waals surface area contributed by atoms with Crippen LogP contribution in [-0.4, -0.2) is 41.4 Å². The largest absolute Gasteiger partial charge is 0.358 e. The lowest BCUT2D eigenvalue weighted by Crippen LogP contribution is -2.44. The monoisotopic (exact) mass is 339 g/mol. The summed E-state index contributed by atoms with van der Waals surface area (Å²) in [4.78, 5) is 17.3. The highest BCUT2D eigenvalue weighted by Gasteiger charge is 2.24. The predicted molar refractivity (Wildman–Crippen MR) is 91.0 cm³/mol. The lowest BCUT2D eigenvalue weighted by Gasteiger charge is -2.31. The number of H-pyrrole nitrogens is 1. The van der Waals surface area contributed by atoms with Gasteiger partial charge >= 0.3 is 6.03 Å². The Hall–Kier alpha value is -1.39. The van der Waals surface area contributed by atoms with Gasteiger partial charge < -0.3 is 15.2 Å². The first kappa shape index (κ1) is 15.5. The topological polar surface area (TPSA) is 48.1 Å². The maximum Gasteiger partial charge on any atom is 0.317 e. The van der Waals surface area contributed by atoms with E-state index in [9.17, 15) is 4.79 Å². The maximum atomic E-state index is 11.9. The number of aromatic nitrogens is 1. The molecule has 1 aliphatic heterocycles. The minimum Gasteiger partial charge on any atom is -0.358 e. The molecule has 1 aromatic carbocycles. The van der Waals surface area contributed by atoms with Crippen LogP contribution in [0.4, 0.5) is 4.79 Å². The summed E-state index contributed by atoms with van der Waals surface area (Å²) in [6.07, 6.45) is 1.93. The first-order chi connectivity index (χ1) is 10.7. The molecule has 2 heterocycles. The third kappa shape index (κ3) is 3.33. The second kappa shape index (κ2) is 6.80. The zero-order valence-electron chi connectivity index (χ0n) is 12.2. The molecule has 4 nitrogen and oxygen atoms in total. The van der Waals surface area contributed by atoms with Crippen LogP contribution in [0.15, 0.2) is 24.3 Å². The van der Waals surface area contributed by atoms with Crippen molar-refractivity contribution in [2.45, 2.75) is 18.8 Å². The number of alkyl halides is 1. The van der Waals surface area contributed by atoms with Gasteiger partial charge in [0.25, 0.3) is 0 Å². The minimum absolute atomic E-state index is 0.0115. The van der Waals surface area contributed by atoms with Crippen molar-refractivity contribution in [2.75, 3.05) is 25.5 Å². The number of urea groups is 1. The zero-order chi connectivity index (χ0) is 15.5. The van der Waals surface area contributed by atoms with E-state index in [0.717, 1.165) is 41.9 Å². The molecule has 0 radical (unpaired) electrons. The predicted octanol–water partition coefficient (Wildman–Crippen LogP) is 3.95. The van der Waals surface area contributed by atoms with Gasteiger partial charge in [-0.25, -0.2) is 4.79 Å². The number of carbonyl (C=O) groups excluding carboxylic acids is 1. The van der Waals surface area contributed by atoms with Crippen molar-refractivity contribution in [3.63, 3.8) is 0 Å². The third-order valence-corrected chi connectivity index (χ3v) is 4.62. The minimum atomic E-state index is -0.0115. The molecule has 22 heavy (non-hydrogen) atoms. The number of likely N-dealkylation sites (tertiary alicyclic amines) is 1. The summed E-state index contributed by atoms with van der Waals surface area (Å²) in [5.74, 6) is 0.906. The van der Waals surface area contributed by atoms with Gasteiger partial charge in [-0.2, -0.15) is 0 Å². The molecule has 1 aliphatic rings. The fourth-order valence-corrected chi connectivity index (χ4v) is 3.28. The summed E-state index contributed by atoms with van der Waals surface area (Å²) in [6, 6.07) is 8.05. The van der Waals surface area contributed by atoms with Gasteiger partial charge in [0, 0.05) is 53.1 Å². The van der Waals surface area contributed by atoms with E-state index in [1.165, 1.54) is 5.69 Å². The van der Waals surface area contributed by atoms with Crippen LogP contribution in [0.1, 0.15) is 24.5 Å². The number of aromatic amines is 1. The SMILES string of the molecule is O=C(NCCCl)N1CCC(c2cc3cc(Cl)ccc3[nH]2)CC1. The fourth-order valence-electron chi connectivity index (χ4n) is 3.01. The van der Waals surface area contributed by atoms with Gasteiger partial charge in [0.05, 0.1) is 0 Å². The quantitative estimate of drug-likeness (QED) is 0.817. The normalized spacial score (nSPS) is 16.2.